The maximum Gasteiger partial charge on any atom is 0.223 e. The maximum absolute atomic E-state index is 11.6. The Morgan fingerprint density at radius 3 is 2.75 bits per heavy atom. The molecule has 1 aliphatic heterocycles. The molecule has 1 atom stereocenters. The number of hydrogen-bond acceptors (Lipinski definition) is 8. The van der Waals surface area contributed by atoms with Crippen molar-refractivity contribution in [1.82, 2.24) is 14.3 Å². The summed E-state index contributed by atoms with van der Waals surface area (Å²) in [6.45, 7) is 7.28. The summed E-state index contributed by atoms with van der Waals surface area (Å²) in [5, 5.41) is 3.17. The largest absolute Gasteiger partial charge is 0.374 e. The lowest BCUT2D eigenvalue weighted by molar-refractivity contribution is 0.00700. The van der Waals surface area contributed by atoms with Crippen LogP contribution in [0.15, 0.2) is 6.07 Å². The van der Waals surface area contributed by atoms with Crippen molar-refractivity contribution in [3.8, 4) is 0 Å². The second-order valence-electron chi connectivity index (χ2n) is 5.64. The van der Waals surface area contributed by atoms with Crippen LogP contribution in [-0.2, 0) is 14.8 Å². The Labute approximate surface area is 143 Å². The van der Waals surface area contributed by atoms with Gasteiger partial charge in [-0.2, -0.15) is 14.3 Å². The fourth-order valence-electron chi connectivity index (χ4n) is 2.59. The van der Waals surface area contributed by atoms with E-state index in [1.807, 2.05) is 19.9 Å². The van der Waals surface area contributed by atoms with Crippen LogP contribution in [0.3, 0.4) is 0 Å². The molecule has 2 rings (SSSR count). The minimum absolute atomic E-state index is 0.198. The molecule has 2 heterocycles. The van der Waals surface area contributed by atoms with E-state index in [4.69, 9.17) is 10.5 Å². The minimum atomic E-state index is -3.20. The lowest BCUT2D eigenvalue weighted by Crippen LogP contribution is -2.47. The van der Waals surface area contributed by atoms with Gasteiger partial charge in [0.25, 0.3) is 0 Å². The minimum Gasteiger partial charge on any atom is -0.374 e. The van der Waals surface area contributed by atoms with Crippen LogP contribution in [0.25, 0.3) is 0 Å². The molecule has 0 aromatic carbocycles. The SMILES string of the molecule is CCN(CC)c1cc(NC[C@H]2CN(S(C)(=O)=O)CCO2)nc(N)n1. The summed E-state index contributed by atoms with van der Waals surface area (Å²) in [4.78, 5) is 10.5. The van der Waals surface area contributed by atoms with Crippen LogP contribution in [0.4, 0.5) is 17.6 Å². The Balaban J connectivity index is 2.01. The number of ether oxygens (including phenoxy) is 1. The van der Waals surface area contributed by atoms with Crippen molar-refractivity contribution in [3.05, 3.63) is 6.07 Å². The first kappa shape index (κ1) is 18.7. The van der Waals surface area contributed by atoms with Crippen molar-refractivity contribution in [2.24, 2.45) is 0 Å². The first-order chi connectivity index (χ1) is 11.3. The lowest BCUT2D eigenvalue weighted by Gasteiger charge is -2.31. The highest BCUT2D eigenvalue weighted by Gasteiger charge is 2.26. The number of morpholine rings is 1. The molecule has 9 nitrogen and oxygen atoms in total. The zero-order chi connectivity index (χ0) is 17.7. The van der Waals surface area contributed by atoms with Crippen LogP contribution in [0.2, 0.25) is 0 Å². The average Bonchev–Trinajstić information content (AvgIpc) is 2.53. The summed E-state index contributed by atoms with van der Waals surface area (Å²) in [7, 11) is -3.20. The van der Waals surface area contributed by atoms with Crippen molar-refractivity contribution in [2.45, 2.75) is 20.0 Å². The number of sulfonamides is 1. The number of hydrogen-bond donors (Lipinski definition) is 2. The van der Waals surface area contributed by atoms with Gasteiger partial charge in [0.05, 0.1) is 19.0 Å². The third-order valence-electron chi connectivity index (χ3n) is 3.90. The van der Waals surface area contributed by atoms with Gasteiger partial charge < -0.3 is 20.7 Å². The Hall–Kier alpha value is -1.65. The van der Waals surface area contributed by atoms with Gasteiger partial charge in [0.2, 0.25) is 16.0 Å². The number of nitrogens with zero attached hydrogens (tertiary/aromatic N) is 4. The van der Waals surface area contributed by atoms with E-state index in [1.165, 1.54) is 10.6 Å². The van der Waals surface area contributed by atoms with Gasteiger partial charge in [-0.1, -0.05) is 0 Å². The third-order valence-corrected chi connectivity index (χ3v) is 5.17. The standard InChI is InChI=1S/C14H26N6O3S/c1-4-19(5-2)13-8-12(17-14(15)18-13)16-9-11-10-20(6-7-23-11)24(3,21)22/h8,11H,4-7,9-10H2,1-3H3,(H3,15,16,17,18)/t11-/m0/s1. The highest BCUT2D eigenvalue weighted by Crippen LogP contribution is 2.17. The van der Waals surface area contributed by atoms with E-state index < -0.39 is 10.0 Å². The third kappa shape index (κ3) is 4.92. The van der Waals surface area contributed by atoms with E-state index in [-0.39, 0.29) is 12.1 Å². The molecule has 0 bridgehead atoms. The van der Waals surface area contributed by atoms with E-state index in [0.29, 0.717) is 32.1 Å². The second-order valence-corrected chi connectivity index (χ2v) is 7.62. The van der Waals surface area contributed by atoms with Gasteiger partial charge in [-0.15, -0.1) is 0 Å². The second kappa shape index (κ2) is 7.95. The molecule has 0 unspecified atom stereocenters. The van der Waals surface area contributed by atoms with Gasteiger partial charge >= 0.3 is 0 Å². The summed E-state index contributed by atoms with van der Waals surface area (Å²) in [6.07, 6.45) is 0.978. The Morgan fingerprint density at radius 1 is 1.42 bits per heavy atom. The molecule has 1 aliphatic rings. The quantitative estimate of drug-likeness (QED) is 0.699. The summed E-state index contributed by atoms with van der Waals surface area (Å²) < 4.78 is 30.3. The molecule has 1 aromatic heterocycles. The van der Waals surface area contributed by atoms with E-state index in [9.17, 15) is 8.42 Å². The van der Waals surface area contributed by atoms with E-state index in [1.54, 1.807) is 0 Å². The number of anilines is 3. The predicted molar refractivity (Wildman–Crippen MR) is 94.7 cm³/mol. The number of rotatable bonds is 7. The smallest absolute Gasteiger partial charge is 0.223 e. The Morgan fingerprint density at radius 2 is 2.12 bits per heavy atom. The highest BCUT2D eigenvalue weighted by atomic mass is 32.2. The van der Waals surface area contributed by atoms with Crippen LogP contribution in [0.1, 0.15) is 13.8 Å². The molecule has 1 saturated heterocycles. The zero-order valence-electron chi connectivity index (χ0n) is 14.4. The van der Waals surface area contributed by atoms with Crippen molar-refractivity contribution in [1.29, 1.82) is 0 Å². The number of nitrogens with two attached hydrogens (primary N) is 1. The number of nitrogen functional groups attached to an aromatic ring is 1. The molecule has 1 aromatic rings. The first-order valence-corrected chi connectivity index (χ1v) is 9.88. The molecular weight excluding hydrogens is 332 g/mol. The van der Waals surface area contributed by atoms with Crippen molar-refractivity contribution < 1.29 is 13.2 Å². The molecule has 24 heavy (non-hydrogen) atoms. The molecule has 3 N–H and O–H groups in total. The molecule has 10 heteroatoms. The van der Waals surface area contributed by atoms with Gasteiger partial charge in [-0.05, 0) is 13.8 Å². The van der Waals surface area contributed by atoms with Gasteiger partial charge in [-0.3, -0.25) is 0 Å². The van der Waals surface area contributed by atoms with Crippen LogP contribution in [-0.4, -0.2) is 74.4 Å². The van der Waals surface area contributed by atoms with Gasteiger partial charge in [0.1, 0.15) is 11.6 Å². The Bertz CT molecular complexity index is 650. The summed E-state index contributed by atoms with van der Waals surface area (Å²) in [5.74, 6) is 1.56. The number of nitrogens with one attached hydrogen (secondary N) is 1. The molecule has 1 fully saturated rings. The van der Waals surface area contributed by atoms with Gasteiger partial charge in [0, 0.05) is 38.8 Å². The van der Waals surface area contributed by atoms with Crippen LogP contribution >= 0.6 is 0 Å². The van der Waals surface area contributed by atoms with Gasteiger partial charge in [0.15, 0.2) is 0 Å². The lowest BCUT2D eigenvalue weighted by atomic mass is 10.3. The van der Waals surface area contributed by atoms with E-state index in [0.717, 1.165) is 18.9 Å². The van der Waals surface area contributed by atoms with Crippen LogP contribution in [0.5, 0.6) is 0 Å². The summed E-state index contributed by atoms with van der Waals surface area (Å²) >= 11 is 0. The van der Waals surface area contributed by atoms with Gasteiger partial charge in [-0.25, -0.2) is 8.42 Å². The molecule has 0 saturated carbocycles. The van der Waals surface area contributed by atoms with Crippen LogP contribution in [0, 0.1) is 0 Å². The highest BCUT2D eigenvalue weighted by molar-refractivity contribution is 7.88. The normalized spacial score (nSPS) is 19.2. The molecule has 0 aliphatic carbocycles. The average molecular weight is 358 g/mol. The fourth-order valence-corrected chi connectivity index (χ4v) is 3.43. The maximum atomic E-state index is 11.6. The number of aromatic nitrogens is 2. The van der Waals surface area contributed by atoms with Crippen molar-refractivity contribution in [2.75, 3.05) is 61.5 Å². The first-order valence-electron chi connectivity index (χ1n) is 8.03. The van der Waals surface area contributed by atoms with E-state index in [2.05, 4.69) is 20.2 Å². The topological polar surface area (TPSA) is 114 Å². The predicted octanol–water partition coefficient (Wildman–Crippen LogP) is -0.0227. The molecule has 0 spiro atoms. The van der Waals surface area contributed by atoms with Crippen LogP contribution < -0.4 is 16.0 Å². The van der Waals surface area contributed by atoms with E-state index >= 15 is 0 Å². The Kier molecular flexibility index (Phi) is 6.19. The van der Waals surface area contributed by atoms with Crippen molar-refractivity contribution >= 4 is 27.6 Å². The van der Waals surface area contributed by atoms with Crippen molar-refractivity contribution in [3.63, 3.8) is 0 Å². The summed E-state index contributed by atoms with van der Waals surface area (Å²) in [6, 6.07) is 1.83. The molecule has 0 amide bonds. The molecule has 136 valence electrons. The fraction of sp³-hybridized carbons (Fsp3) is 0.714. The molecular formula is C14H26N6O3S. The zero-order valence-corrected chi connectivity index (χ0v) is 15.2. The molecule has 0 radical (unpaired) electrons. The summed E-state index contributed by atoms with van der Waals surface area (Å²) in [5.41, 5.74) is 5.79. The monoisotopic (exact) mass is 358 g/mol.